The second-order valence-electron chi connectivity index (χ2n) is 6.20. The summed E-state index contributed by atoms with van der Waals surface area (Å²) in [6, 6.07) is -0.0255. The smallest absolute Gasteiger partial charge is 0.321 e. The number of urea groups is 1. The first-order valence-corrected chi connectivity index (χ1v) is 10.1. The zero-order chi connectivity index (χ0) is 18.0. The van der Waals surface area contributed by atoms with Crippen LogP contribution in [0, 0.1) is 0 Å². The second kappa shape index (κ2) is 7.69. The lowest BCUT2D eigenvalue weighted by Gasteiger charge is -2.17. The molecule has 2 aliphatic carbocycles. The summed E-state index contributed by atoms with van der Waals surface area (Å²) in [6.45, 7) is 3.54. The van der Waals surface area contributed by atoms with Gasteiger partial charge in [0.1, 0.15) is 0 Å². The molecule has 2 fully saturated rings. The topological polar surface area (TPSA) is 104 Å². The maximum atomic E-state index is 12.1. The lowest BCUT2D eigenvalue weighted by atomic mass is 10.4. The SMILES string of the molecule is CCC(=O)N(c1nnc(SC(C)C(=O)NC(=O)NC2CC2)s1)C1CC1. The zero-order valence-electron chi connectivity index (χ0n) is 14.2. The predicted molar refractivity (Wildman–Crippen MR) is 95.7 cm³/mol. The third-order valence-corrected chi connectivity index (χ3v) is 5.99. The van der Waals surface area contributed by atoms with Crippen molar-refractivity contribution in [3.05, 3.63) is 0 Å². The van der Waals surface area contributed by atoms with E-state index < -0.39 is 11.3 Å². The Morgan fingerprint density at radius 1 is 1.28 bits per heavy atom. The summed E-state index contributed by atoms with van der Waals surface area (Å²) in [7, 11) is 0. The van der Waals surface area contributed by atoms with E-state index in [0.717, 1.165) is 25.7 Å². The van der Waals surface area contributed by atoms with E-state index in [1.165, 1.54) is 23.1 Å². The summed E-state index contributed by atoms with van der Waals surface area (Å²) in [6.07, 6.45) is 4.33. The Labute approximate surface area is 154 Å². The number of hydrogen-bond donors (Lipinski definition) is 2. The van der Waals surface area contributed by atoms with Crippen molar-refractivity contribution in [1.29, 1.82) is 0 Å². The van der Waals surface area contributed by atoms with Crippen molar-refractivity contribution in [3.63, 3.8) is 0 Å². The highest BCUT2D eigenvalue weighted by Crippen LogP contribution is 2.37. The molecule has 1 aromatic rings. The summed E-state index contributed by atoms with van der Waals surface area (Å²) in [5.41, 5.74) is 0. The van der Waals surface area contributed by atoms with Crippen LogP contribution < -0.4 is 15.5 Å². The van der Waals surface area contributed by atoms with Crippen LogP contribution in [0.2, 0.25) is 0 Å². The first-order valence-electron chi connectivity index (χ1n) is 8.41. The molecule has 0 aliphatic heterocycles. The van der Waals surface area contributed by atoms with Gasteiger partial charge >= 0.3 is 6.03 Å². The molecule has 2 saturated carbocycles. The van der Waals surface area contributed by atoms with Crippen molar-refractivity contribution in [2.24, 2.45) is 0 Å². The molecule has 25 heavy (non-hydrogen) atoms. The average Bonchev–Trinajstić information content (AvgIpc) is 3.49. The Hall–Kier alpha value is -1.68. The molecule has 0 spiro atoms. The minimum Gasteiger partial charge on any atom is -0.335 e. The van der Waals surface area contributed by atoms with Gasteiger partial charge in [0.2, 0.25) is 16.9 Å². The molecule has 1 heterocycles. The summed E-state index contributed by atoms with van der Waals surface area (Å²) in [5, 5.41) is 13.3. The molecule has 2 N–H and O–H groups in total. The molecule has 2 aliphatic rings. The number of hydrogen-bond acceptors (Lipinski definition) is 7. The molecule has 3 rings (SSSR count). The van der Waals surface area contributed by atoms with Gasteiger partial charge in [-0.25, -0.2) is 4.79 Å². The average molecular weight is 383 g/mol. The van der Waals surface area contributed by atoms with Crippen molar-refractivity contribution in [3.8, 4) is 0 Å². The van der Waals surface area contributed by atoms with Crippen LogP contribution in [0.1, 0.15) is 46.0 Å². The van der Waals surface area contributed by atoms with E-state index in [1.54, 1.807) is 11.8 Å². The van der Waals surface area contributed by atoms with E-state index >= 15 is 0 Å². The number of thioether (sulfide) groups is 1. The number of nitrogens with one attached hydrogen (secondary N) is 2. The molecule has 136 valence electrons. The minimum atomic E-state index is -0.484. The molecule has 1 aromatic heterocycles. The molecule has 10 heteroatoms. The summed E-state index contributed by atoms with van der Waals surface area (Å²) >= 11 is 2.54. The van der Waals surface area contributed by atoms with Crippen molar-refractivity contribution in [1.82, 2.24) is 20.8 Å². The third kappa shape index (κ3) is 4.91. The van der Waals surface area contributed by atoms with Crippen molar-refractivity contribution < 1.29 is 14.4 Å². The van der Waals surface area contributed by atoms with Gasteiger partial charge in [-0.2, -0.15) is 0 Å². The van der Waals surface area contributed by atoms with Gasteiger partial charge in [0.25, 0.3) is 0 Å². The third-order valence-electron chi connectivity index (χ3n) is 3.88. The van der Waals surface area contributed by atoms with Crippen LogP contribution in [-0.4, -0.2) is 45.4 Å². The standard InChI is InChI=1S/C15H21N5O3S2/c1-3-11(21)20(10-6-7-10)14-18-19-15(25-14)24-8(2)12(22)17-13(23)16-9-4-5-9/h8-10H,3-7H2,1-2H3,(H2,16,17,22,23). The largest absolute Gasteiger partial charge is 0.335 e. The maximum Gasteiger partial charge on any atom is 0.321 e. The normalized spacial score (nSPS) is 17.7. The fourth-order valence-electron chi connectivity index (χ4n) is 2.18. The number of nitrogens with zero attached hydrogens (tertiary/aromatic N) is 3. The quantitative estimate of drug-likeness (QED) is 0.551. The zero-order valence-corrected chi connectivity index (χ0v) is 15.8. The van der Waals surface area contributed by atoms with Crippen LogP contribution in [0.4, 0.5) is 9.93 Å². The second-order valence-corrected chi connectivity index (χ2v) is 8.74. The number of rotatable bonds is 7. The van der Waals surface area contributed by atoms with E-state index in [-0.39, 0.29) is 23.9 Å². The van der Waals surface area contributed by atoms with Gasteiger partial charge in [0.15, 0.2) is 4.34 Å². The van der Waals surface area contributed by atoms with E-state index in [4.69, 9.17) is 0 Å². The van der Waals surface area contributed by atoms with Gasteiger partial charge in [-0.3, -0.25) is 19.8 Å². The molecule has 0 saturated heterocycles. The molecule has 1 atom stereocenters. The van der Waals surface area contributed by atoms with E-state index in [1.807, 2.05) is 6.92 Å². The molecular weight excluding hydrogens is 362 g/mol. The Morgan fingerprint density at radius 3 is 2.60 bits per heavy atom. The molecule has 4 amide bonds. The van der Waals surface area contributed by atoms with Crippen molar-refractivity contribution >= 4 is 46.1 Å². The molecular formula is C15H21N5O3S2. The number of amides is 4. The van der Waals surface area contributed by atoms with Gasteiger partial charge in [-0.05, 0) is 32.6 Å². The van der Waals surface area contributed by atoms with E-state index in [9.17, 15) is 14.4 Å². The highest BCUT2D eigenvalue weighted by atomic mass is 32.2. The monoisotopic (exact) mass is 383 g/mol. The molecule has 8 nitrogen and oxygen atoms in total. The van der Waals surface area contributed by atoms with Crippen LogP contribution >= 0.6 is 23.1 Å². The summed E-state index contributed by atoms with van der Waals surface area (Å²) in [4.78, 5) is 37.5. The molecule has 0 bridgehead atoms. The molecule has 0 radical (unpaired) electrons. The number of imide groups is 1. The van der Waals surface area contributed by atoms with Crippen LogP contribution in [0.5, 0.6) is 0 Å². The van der Waals surface area contributed by atoms with E-state index in [0.29, 0.717) is 15.9 Å². The Kier molecular flexibility index (Phi) is 5.57. The number of anilines is 1. The van der Waals surface area contributed by atoms with Crippen LogP contribution in [0.25, 0.3) is 0 Å². The Bertz CT molecular complexity index is 672. The first-order chi connectivity index (χ1) is 12.0. The summed E-state index contributed by atoms with van der Waals surface area (Å²) in [5.74, 6) is -0.332. The fraction of sp³-hybridized carbons (Fsp3) is 0.667. The highest BCUT2D eigenvalue weighted by Gasteiger charge is 2.35. The molecule has 0 aromatic carbocycles. The number of carbonyl (C=O) groups excluding carboxylic acids is 3. The fourth-order valence-corrected chi connectivity index (χ4v) is 4.26. The lowest BCUT2D eigenvalue weighted by molar-refractivity contribution is -0.119. The predicted octanol–water partition coefficient (Wildman–Crippen LogP) is 1.91. The summed E-state index contributed by atoms with van der Waals surface area (Å²) < 4.78 is 0.606. The van der Waals surface area contributed by atoms with Crippen LogP contribution in [0.15, 0.2) is 4.34 Å². The van der Waals surface area contributed by atoms with Gasteiger partial charge in [-0.15, -0.1) is 10.2 Å². The number of carbonyl (C=O) groups is 3. The van der Waals surface area contributed by atoms with Crippen LogP contribution in [0.3, 0.4) is 0 Å². The highest BCUT2D eigenvalue weighted by molar-refractivity contribution is 8.02. The Morgan fingerprint density at radius 2 is 2.00 bits per heavy atom. The van der Waals surface area contributed by atoms with E-state index in [2.05, 4.69) is 20.8 Å². The van der Waals surface area contributed by atoms with Gasteiger partial charge in [0.05, 0.1) is 5.25 Å². The lowest BCUT2D eigenvalue weighted by Crippen LogP contribution is -2.43. The number of aromatic nitrogens is 2. The molecule has 1 unspecified atom stereocenters. The maximum absolute atomic E-state index is 12.1. The van der Waals surface area contributed by atoms with Crippen molar-refractivity contribution in [2.75, 3.05) is 4.90 Å². The Balaban J connectivity index is 1.55. The van der Waals surface area contributed by atoms with Gasteiger partial charge < -0.3 is 5.32 Å². The van der Waals surface area contributed by atoms with Crippen molar-refractivity contribution in [2.45, 2.75) is 67.6 Å². The van der Waals surface area contributed by atoms with Crippen LogP contribution in [-0.2, 0) is 9.59 Å². The van der Waals surface area contributed by atoms with Gasteiger partial charge in [0, 0.05) is 18.5 Å². The minimum absolute atomic E-state index is 0.0396. The first kappa shape index (κ1) is 18.1. The van der Waals surface area contributed by atoms with Gasteiger partial charge in [-0.1, -0.05) is 30.0 Å².